The van der Waals surface area contributed by atoms with E-state index in [4.69, 9.17) is 0 Å². The molecule has 0 unspecified atom stereocenters. The number of carbonyl (C=O) groups excluding carboxylic acids is 1. The first-order valence-electron chi connectivity index (χ1n) is 5.63. The maximum atomic E-state index is 12.2. The number of ketones is 1. The van der Waals surface area contributed by atoms with Crippen molar-refractivity contribution in [1.82, 2.24) is 0 Å². The zero-order valence-electron chi connectivity index (χ0n) is 10.2. The number of carbonyl (C=O) groups is 1. The van der Waals surface area contributed by atoms with Gasteiger partial charge in [0.25, 0.3) is 0 Å². The lowest BCUT2D eigenvalue weighted by molar-refractivity contribution is 0.103. The Bertz CT molecular complexity index is 425. The van der Waals surface area contributed by atoms with Crippen LogP contribution in [-0.4, -0.2) is 5.78 Å². The predicted octanol–water partition coefficient (Wildman–Crippen LogP) is 4.09. The standard InChI is InChI=1S/C15H18O/c1-4-6-10-13(5-2)15(16)14-11-8-7-9-12(14)3/h5-11H,4H2,1-3H3/b10-6-,13-5+. The predicted molar refractivity (Wildman–Crippen MR) is 68.7 cm³/mol. The van der Waals surface area contributed by atoms with Crippen molar-refractivity contribution in [3.05, 3.63) is 59.2 Å². The summed E-state index contributed by atoms with van der Waals surface area (Å²) in [6, 6.07) is 7.69. The van der Waals surface area contributed by atoms with Gasteiger partial charge in [-0.2, -0.15) is 0 Å². The summed E-state index contributed by atoms with van der Waals surface area (Å²) in [5.74, 6) is 0.102. The van der Waals surface area contributed by atoms with Crippen LogP contribution in [0.4, 0.5) is 0 Å². The molecule has 84 valence electrons. The number of benzene rings is 1. The second kappa shape index (κ2) is 6.06. The van der Waals surface area contributed by atoms with Gasteiger partial charge in [0.05, 0.1) is 0 Å². The van der Waals surface area contributed by atoms with E-state index < -0.39 is 0 Å². The van der Waals surface area contributed by atoms with Crippen molar-refractivity contribution in [3.63, 3.8) is 0 Å². The zero-order chi connectivity index (χ0) is 12.0. The van der Waals surface area contributed by atoms with Crippen LogP contribution in [0.3, 0.4) is 0 Å². The van der Waals surface area contributed by atoms with E-state index in [9.17, 15) is 4.79 Å². The molecule has 0 aliphatic heterocycles. The molecule has 0 aliphatic carbocycles. The summed E-state index contributed by atoms with van der Waals surface area (Å²) >= 11 is 0. The third kappa shape index (κ3) is 2.93. The van der Waals surface area contributed by atoms with Gasteiger partial charge in [0, 0.05) is 11.1 Å². The van der Waals surface area contributed by atoms with E-state index >= 15 is 0 Å². The molecule has 0 aromatic heterocycles. The zero-order valence-corrected chi connectivity index (χ0v) is 10.2. The Balaban J connectivity index is 3.02. The first kappa shape index (κ1) is 12.4. The quantitative estimate of drug-likeness (QED) is 0.419. The fourth-order valence-electron chi connectivity index (χ4n) is 1.53. The number of Topliss-reactive ketones (excluding diaryl/α,β-unsaturated/α-hetero) is 1. The fourth-order valence-corrected chi connectivity index (χ4v) is 1.53. The van der Waals surface area contributed by atoms with Crippen LogP contribution in [-0.2, 0) is 0 Å². The van der Waals surface area contributed by atoms with Crippen LogP contribution >= 0.6 is 0 Å². The van der Waals surface area contributed by atoms with E-state index in [0.717, 1.165) is 23.1 Å². The van der Waals surface area contributed by atoms with Crippen LogP contribution in [0.1, 0.15) is 36.2 Å². The number of hydrogen-bond acceptors (Lipinski definition) is 1. The summed E-state index contributed by atoms with van der Waals surface area (Å²) < 4.78 is 0. The maximum absolute atomic E-state index is 12.2. The third-order valence-electron chi connectivity index (χ3n) is 2.50. The largest absolute Gasteiger partial charge is 0.289 e. The van der Waals surface area contributed by atoms with Crippen molar-refractivity contribution in [2.45, 2.75) is 27.2 Å². The second-order valence-corrected chi connectivity index (χ2v) is 3.70. The van der Waals surface area contributed by atoms with Crippen LogP contribution in [0.5, 0.6) is 0 Å². The van der Waals surface area contributed by atoms with Crippen LogP contribution in [0.25, 0.3) is 0 Å². The highest BCUT2D eigenvalue weighted by molar-refractivity contribution is 6.11. The highest BCUT2D eigenvalue weighted by Gasteiger charge is 2.10. The van der Waals surface area contributed by atoms with Crippen molar-refractivity contribution < 1.29 is 4.79 Å². The molecule has 1 aromatic rings. The molecule has 0 spiro atoms. The molecule has 1 heteroatoms. The summed E-state index contributed by atoms with van der Waals surface area (Å²) in [5.41, 5.74) is 2.57. The summed E-state index contributed by atoms with van der Waals surface area (Å²) in [4.78, 5) is 12.2. The van der Waals surface area contributed by atoms with Gasteiger partial charge in [-0.3, -0.25) is 4.79 Å². The first-order valence-corrected chi connectivity index (χ1v) is 5.63. The molecule has 0 atom stereocenters. The Hall–Kier alpha value is -1.63. The van der Waals surface area contributed by atoms with E-state index in [1.807, 2.05) is 56.3 Å². The summed E-state index contributed by atoms with van der Waals surface area (Å²) in [7, 11) is 0. The molecule has 0 radical (unpaired) electrons. The molecule has 0 aliphatic rings. The molecule has 0 fully saturated rings. The van der Waals surface area contributed by atoms with Gasteiger partial charge in [-0.05, 0) is 25.8 Å². The van der Waals surface area contributed by atoms with Gasteiger partial charge in [0.1, 0.15) is 0 Å². The minimum absolute atomic E-state index is 0.102. The molecule has 16 heavy (non-hydrogen) atoms. The van der Waals surface area contributed by atoms with Gasteiger partial charge in [-0.15, -0.1) is 0 Å². The highest BCUT2D eigenvalue weighted by atomic mass is 16.1. The van der Waals surface area contributed by atoms with Crippen LogP contribution in [0.15, 0.2) is 48.1 Å². The molecule has 1 rings (SSSR count). The molecule has 0 saturated carbocycles. The molecule has 0 saturated heterocycles. The Morgan fingerprint density at radius 3 is 2.56 bits per heavy atom. The molecular formula is C15H18O. The van der Waals surface area contributed by atoms with Crippen LogP contribution in [0, 0.1) is 6.92 Å². The van der Waals surface area contributed by atoms with Gasteiger partial charge >= 0.3 is 0 Å². The number of rotatable bonds is 4. The van der Waals surface area contributed by atoms with Crippen molar-refractivity contribution in [1.29, 1.82) is 0 Å². The highest BCUT2D eigenvalue weighted by Crippen LogP contribution is 2.14. The van der Waals surface area contributed by atoms with Gasteiger partial charge in [0.15, 0.2) is 5.78 Å². The second-order valence-electron chi connectivity index (χ2n) is 3.70. The Morgan fingerprint density at radius 2 is 2.00 bits per heavy atom. The molecule has 0 heterocycles. The lowest BCUT2D eigenvalue weighted by Gasteiger charge is -2.04. The van der Waals surface area contributed by atoms with E-state index in [2.05, 4.69) is 6.92 Å². The smallest absolute Gasteiger partial charge is 0.192 e. The van der Waals surface area contributed by atoms with Gasteiger partial charge in [0.2, 0.25) is 0 Å². The molecular weight excluding hydrogens is 196 g/mol. The average Bonchev–Trinajstić information content (AvgIpc) is 2.30. The molecule has 0 amide bonds. The molecule has 0 bridgehead atoms. The lowest BCUT2D eigenvalue weighted by Crippen LogP contribution is -2.03. The minimum Gasteiger partial charge on any atom is -0.289 e. The van der Waals surface area contributed by atoms with Gasteiger partial charge < -0.3 is 0 Å². The Kier molecular flexibility index (Phi) is 4.71. The van der Waals surface area contributed by atoms with E-state index in [1.54, 1.807) is 0 Å². The molecule has 1 nitrogen and oxygen atoms in total. The summed E-state index contributed by atoms with van der Waals surface area (Å²) in [6.07, 6.45) is 6.71. The fraction of sp³-hybridized carbons (Fsp3) is 0.267. The first-order chi connectivity index (χ1) is 7.70. The van der Waals surface area contributed by atoms with Gasteiger partial charge in [-0.25, -0.2) is 0 Å². The number of aryl methyl sites for hydroxylation is 1. The Morgan fingerprint density at radius 1 is 1.31 bits per heavy atom. The average molecular weight is 214 g/mol. The van der Waals surface area contributed by atoms with E-state index in [0.29, 0.717) is 0 Å². The van der Waals surface area contributed by atoms with Crippen LogP contribution in [0.2, 0.25) is 0 Å². The van der Waals surface area contributed by atoms with Crippen molar-refractivity contribution in [2.75, 3.05) is 0 Å². The lowest BCUT2D eigenvalue weighted by atomic mass is 9.98. The normalized spacial score (nSPS) is 12.1. The van der Waals surface area contributed by atoms with E-state index in [-0.39, 0.29) is 5.78 Å². The number of hydrogen-bond donors (Lipinski definition) is 0. The molecule has 0 N–H and O–H groups in total. The SMILES string of the molecule is C/C=C(\C=C/CC)C(=O)c1ccccc1C. The van der Waals surface area contributed by atoms with E-state index in [1.165, 1.54) is 0 Å². The van der Waals surface area contributed by atoms with Crippen molar-refractivity contribution in [3.8, 4) is 0 Å². The monoisotopic (exact) mass is 214 g/mol. The van der Waals surface area contributed by atoms with Crippen molar-refractivity contribution >= 4 is 5.78 Å². The summed E-state index contributed by atoms with van der Waals surface area (Å²) in [6.45, 7) is 5.91. The van der Waals surface area contributed by atoms with Crippen molar-refractivity contribution in [2.24, 2.45) is 0 Å². The minimum atomic E-state index is 0.102. The number of allylic oxidation sites excluding steroid dienone is 4. The van der Waals surface area contributed by atoms with Crippen LogP contribution < -0.4 is 0 Å². The summed E-state index contributed by atoms with van der Waals surface area (Å²) in [5, 5.41) is 0. The molecule has 1 aromatic carbocycles. The Labute approximate surface area is 97.5 Å². The van der Waals surface area contributed by atoms with Gasteiger partial charge in [-0.1, -0.05) is 49.4 Å². The maximum Gasteiger partial charge on any atom is 0.192 e. The topological polar surface area (TPSA) is 17.1 Å². The third-order valence-corrected chi connectivity index (χ3v) is 2.50.